The lowest BCUT2D eigenvalue weighted by Gasteiger charge is -2.25. The Bertz CT molecular complexity index is 1030. The van der Waals surface area contributed by atoms with Crippen molar-refractivity contribution >= 4 is 16.7 Å². The van der Waals surface area contributed by atoms with Crippen LogP contribution in [0.5, 0.6) is 0 Å². The zero-order valence-corrected chi connectivity index (χ0v) is 16.0. The number of amides is 1. The summed E-state index contributed by atoms with van der Waals surface area (Å²) in [6.07, 6.45) is 0.0270. The van der Waals surface area contributed by atoms with E-state index in [2.05, 4.69) is 10.2 Å². The number of carbonyl (C=O) groups excluding carboxylic acids is 1. The zero-order chi connectivity index (χ0) is 20.1. The molecule has 0 bridgehead atoms. The van der Waals surface area contributed by atoms with Crippen LogP contribution >= 0.6 is 0 Å². The molecule has 1 heterocycles. The predicted molar refractivity (Wildman–Crippen MR) is 106 cm³/mol. The quantitative estimate of drug-likeness (QED) is 0.680. The average Bonchev–Trinajstić information content (AvgIpc) is 2.68. The molecule has 0 aliphatic carbocycles. The molecule has 3 rings (SSSR count). The molecule has 1 amide bonds. The summed E-state index contributed by atoms with van der Waals surface area (Å²) in [6, 6.07) is 13.5. The summed E-state index contributed by atoms with van der Waals surface area (Å²) in [5.74, 6) is -0.507. The number of aromatic nitrogens is 2. The van der Waals surface area contributed by atoms with E-state index in [9.17, 15) is 14.0 Å². The van der Waals surface area contributed by atoms with Crippen LogP contribution in [0.25, 0.3) is 10.8 Å². The third-order valence-electron chi connectivity index (χ3n) is 4.58. The van der Waals surface area contributed by atoms with Gasteiger partial charge in [0.2, 0.25) is 5.91 Å². The van der Waals surface area contributed by atoms with Crippen molar-refractivity contribution in [1.29, 1.82) is 0 Å². The number of H-pyrrole nitrogens is 1. The van der Waals surface area contributed by atoms with E-state index in [0.717, 1.165) is 0 Å². The summed E-state index contributed by atoms with van der Waals surface area (Å²) in [6.45, 7) is 1.29. The smallest absolute Gasteiger partial charge is 0.272 e. The number of likely N-dealkylation sites (N-methyl/N-ethyl adjacent to an activating group) is 1. The number of nitrogens with one attached hydrogen (secondary N) is 1. The van der Waals surface area contributed by atoms with Gasteiger partial charge in [-0.25, -0.2) is 9.49 Å². The lowest BCUT2D eigenvalue weighted by molar-refractivity contribution is -0.131. The second-order valence-electron chi connectivity index (χ2n) is 6.93. The molecule has 1 aromatic heterocycles. The summed E-state index contributed by atoms with van der Waals surface area (Å²) in [7, 11) is 3.84. The number of hydrogen-bond donors (Lipinski definition) is 1. The first-order valence-corrected chi connectivity index (χ1v) is 9.08. The third-order valence-corrected chi connectivity index (χ3v) is 4.58. The van der Waals surface area contributed by atoms with Crippen LogP contribution in [0.2, 0.25) is 0 Å². The van der Waals surface area contributed by atoms with E-state index < -0.39 is 0 Å². The van der Waals surface area contributed by atoms with Crippen molar-refractivity contribution in [2.24, 2.45) is 0 Å². The van der Waals surface area contributed by atoms with Crippen molar-refractivity contribution in [3.05, 3.63) is 76.0 Å². The van der Waals surface area contributed by atoms with Crippen molar-refractivity contribution < 1.29 is 9.18 Å². The maximum Gasteiger partial charge on any atom is 0.272 e. The van der Waals surface area contributed by atoms with Gasteiger partial charge in [-0.1, -0.05) is 36.4 Å². The Balaban J connectivity index is 1.86. The molecular formula is C21H23FN4O2. The minimum atomic E-state index is -0.335. The van der Waals surface area contributed by atoms with E-state index >= 15 is 0 Å². The molecule has 1 N–H and O–H groups in total. The van der Waals surface area contributed by atoms with Crippen LogP contribution in [0.3, 0.4) is 0 Å². The largest absolute Gasteiger partial charge is 0.337 e. The Morgan fingerprint density at radius 3 is 2.43 bits per heavy atom. The predicted octanol–water partition coefficient (Wildman–Crippen LogP) is 2.20. The minimum absolute atomic E-state index is 0.0270. The van der Waals surface area contributed by atoms with Crippen LogP contribution < -0.4 is 5.56 Å². The molecular weight excluding hydrogens is 359 g/mol. The number of benzene rings is 2. The van der Waals surface area contributed by atoms with Gasteiger partial charge >= 0.3 is 0 Å². The highest BCUT2D eigenvalue weighted by Crippen LogP contribution is 2.15. The fraction of sp³-hybridized carbons (Fsp3) is 0.286. The van der Waals surface area contributed by atoms with Gasteiger partial charge in [-0.05, 0) is 26.2 Å². The van der Waals surface area contributed by atoms with Gasteiger partial charge < -0.3 is 9.80 Å². The van der Waals surface area contributed by atoms with Gasteiger partial charge in [0, 0.05) is 30.6 Å². The molecule has 0 fully saturated rings. The molecule has 0 unspecified atom stereocenters. The Kier molecular flexibility index (Phi) is 6.16. The van der Waals surface area contributed by atoms with Crippen LogP contribution in [0.15, 0.2) is 53.3 Å². The van der Waals surface area contributed by atoms with Crippen molar-refractivity contribution in [1.82, 2.24) is 20.0 Å². The molecule has 0 saturated carbocycles. The van der Waals surface area contributed by atoms with E-state index in [1.165, 1.54) is 6.07 Å². The fourth-order valence-corrected chi connectivity index (χ4v) is 3.01. The Morgan fingerprint density at radius 1 is 1.04 bits per heavy atom. The molecule has 7 heteroatoms. The Hall–Kier alpha value is -3.06. The van der Waals surface area contributed by atoms with Crippen LogP contribution in [-0.2, 0) is 17.8 Å². The van der Waals surface area contributed by atoms with Crippen molar-refractivity contribution in [3.8, 4) is 0 Å². The standard InChI is InChI=1S/C21H23FN4O2/c1-25(2)11-12-26(14-15-7-3-6-10-18(15)22)20(27)13-19-16-8-4-5-9-17(16)21(28)24-23-19/h3-10H,11-14H2,1-2H3,(H,24,28). The van der Waals surface area contributed by atoms with Crippen molar-refractivity contribution in [2.45, 2.75) is 13.0 Å². The first-order chi connectivity index (χ1) is 13.5. The first kappa shape index (κ1) is 19.7. The summed E-state index contributed by atoms with van der Waals surface area (Å²) < 4.78 is 14.1. The van der Waals surface area contributed by atoms with Crippen LogP contribution in [0.4, 0.5) is 4.39 Å². The summed E-state index contributed by atoms with van der Waals surface area (Å²) in [5, 5.41) is 7.68. The minimum Gasteiger partial charge on any atom is -0.337 e. The van der Waals surface area contributed by atoms with Gasteiger partial charge in [-0.2, -0.15) is 5.10 Å². The topological polar surface area (TPSA) is 69.3 Å². The number of carbonyl (C=O) groups is 1. The number of fused-ring (bicyclic) bond motifs is 1. The summed E-state index contributed by atoms with van der Waals surface area (Å²) >= 11 is 0. The molecule has 28 heavy (non-hydrogen) atoms. The number of hydrogen-bond acceptors (Lipinski definition) is 4. The van der Waals surface area contributed by atoms with Gasteiger partial charge in [-0.15, -0.1) is 0 Å². The van der Waals surface area contributed by atoms with Crippen LogP contribution in [0, 0.1) is 5.82 Å². The molecule has 3 aromatic rings. The molecule has 0 radical (unpaired) electrons. The van der Waals surface area contributed by atoms with Gasteiger partial charge in [0.25, 0.3) is 5.56 Å². The maximum absolute atomic E-state index is 14.1. The van der Waals surface area contributed by atoms with E-state index in [1.807, 2.05) is 19.0 Å². The van der Waals surface area contributed by atoms with Gasteiger partial charge in [0.05, 0.1) is 17.5 Å². The Morgan fingerprint density at radius 2 is 1.71 bits per heavy atom. The lowest BCUT2D eigenvalue weighted by atomic mass is 10.1. The number of aromatic amines is 1. The first-order valence-electron chi connectivity index (χ1n) is 9.08. The van der Waals surface area contributed by atoms with E-state index in [1.54, 1.807) is 47.4 Å². The van der Waals surface area contributed by atoms with Gasteiger partial charge in [0.1, 0.15) is 5.82 Å². The highest BCUT2D eigenvalue weighted by molar-refractivity contribution is 5.88. The summed E-state index contributed by atoms with van der Waals surface area (Å²) in [4.78, 5) is 28.6. The number of rotatable bonds is 7. The van der Waals surface area contributed by atoms with Crippen molar-refractivity contribution in [2.75, 3.05) is 27.2 Å². The van der Waals surface area contributed by atoms with Gasteiger partial charge in [-0.3, -0.25) is 9.59 Å². The van der Waals surface area contributed by atoms with Crippen LogP contribution in [0.1, 0.15) is 11.3 Å². The average molecular weight is 382 g/mol. The molecule has 0 saturated heterocycles. The molecule has 146 valence electrons. The van der Waals surface area contributed by atoms with Crippen molar-refractivity contribution in [3.63, 3.8) is 0 Å². The lowest BCUT2D eigenvalue weighted by Crippen LogP contribution is -2.37. The van der Waals surface area contributed by atoms with Crippen LogP contribution in [-0.4, -0.2) is 53.1 Å². The fourth-order valence-electron chi connectivity index (χ4n) is 3.01. The SMILES string of the molecule is CN(C)CCN(Cc1ccccc1F)C(=O)Cc1n[nH]c(=O)c2ccccc12. The summed E-state index contributed by atoms with van der Waals surface area (Å²) in [5.41, 5.74) is 0.681. The maximum atomic E-state index is 14.1. The molecule has 0 aliphatic heterocycles. The zero-order valence-electron chi connectivity index (χ0n) is 16.0. The molecule has 0 aliphatic rings. The monoisotopic (exact) mass is 382 g/mol. The molecule has 0 spiro atoms. The molecule has 6 nitrogen and oxygen atoms in total. The normalized spacial score (nSPS) is 11.1. The van der Waals surface area contributed by atoms with E-state index in [-0.39, 0.29) is 30.2 Å². The highest BCUT2D eigenvalue weighted by Gasteiger charge is 2.19. The number of nitrogens with zero attached hydrogens (tertiary/aromatic N) is 3. The van der Waals surface area contributed by atoms with Gasteiger partial charge in [0.15, 0.2) is 0 Å². The molecule has 0 atom stereocenters. The van der Waals surface area contributed by atoms with E-state index in [4.69, 9.17) is 0 Å². The second-order valence-corrected chi connectivity index (χ2v) is 6.93. The number of halogens is 1. The third kappa shape index (κ3) is 4.61. The van der Waals surface area contributed by atoms with E-state index in [0.29, 0.717) is 35.1 Å². The second kappa shape index (κ2) is 8.75. The molecule has 2 aromatic carbocycles. The highest BCUT2D eigenvalue weighted by atomic mass is 19.1. The Labute approximate surface area is 162 Å².